The molecule has 0 bridgehead atoms. The number of carbonyl (C=O) groups is 1. The van der Waals surface area contributed by atoms with Crippen molar-refractivity contribution in [2.75, 3.05) is 0 Å². The summed E-state index contributed by atoms with van der Waals surface area (Å²) in [6.45, 7) is 1.84. The Morgan fingerprint density at radius 1 is 1.53 bits per heavy atom. The fourth-order valence-electron chi connectivity index (χ4n) is 1.78. The molecule has 0 amide bonds. The molecule has 88 valence electrons. The minimum absolute atomic E-state index is 0.0212. The molecule has 2 rings (SSSR count). The molecule has 1 atom stereocenters. The lowest BCUT2D eigenvalue weighted by Crippen LogP contribution is -2.08. The third kappa shape index (κ3) is 2.69. The Kier molecular flexibility index (Phi) is 3.18. The number of aromatic nitrogens is 3. The van der Waals surface area contributed by atoms with Crippen molar-refractivity contribution < 1.29 is 9.90 Å². The molecule has 5 nitrogen and oxygen atoms in total. The van der Waals surface area contributed by atoms with Crippen LogP contribution in [0.15, 0.2) is 30.7 Å². The van der Waals surface area contributed by atoms with Gasteiger partial charge in [0.15, 0.2) is 0 Å². The molecule has 0 spiro atoms. The van der Waals surface area contributed by atoms with Gasteiger partial charge in [-0.15, -0.1) is 0 Å². The number of nitrogens with one attached hydrogen (secondary N) is 1. The Bertz CT molecular complexity index is 507. The Morgan fingerprint density at radius 3 is 2.88 bits per heavy atom. The number of H-pyrrole nitrogens is 1. The van der Waals surface area contributed by atoms with Crippen LogP contribution < -0.4 is 0 Å². The van der Waals surface area contributed by atoms with Crippen molar-refractivity contribution in [2.45, 2.75) is 19.3 Å². The number of imidazole rings is 1. The molecule has 0 saturated carbocycles. The number of pyridine rings is 1. The van der Waals surface area contributed by atoms with Crippen LogP contribution in [0.1, 0.15) is 29.4 Å². The zero-order chi connectivity index (χ0) is 12.3. The zero-order valence-electron chi connectivity index (χ0n) is 9.42. The first-order chi connectivity index (χ1) is 8.16. The highest BCUT2D eigenvalue weighted by molar-refractivity contribution is 5.68. The molecule has 0 aliphatic carbocycles. The number of aryl methyl sites for hydroxylation is 1. The van der Waals surface area contributed by atoms with E-state index in [0.717, 1.165) is 17.1 Å². The van der Waals surface area contributed by atoms with Crippen LogP contribution in [0.3, 0.4) is 0 Å². The van der Waals surface area contributed by atoms with Crippen molar-refractivity contribution in [3.63, 3.8) is 0 Å². The van der Waals surface area contributed by atoms with Crippen molar-refractivity contribution in [2.24, 2.45) is 0 Å². The first-order valence-corrected chi connectivity index (χ1v) is 5.30. The molecule has 2 heterocycles. The predicted octanol–water partition coefficient (Wildman–Crippen LogP) is 1.72. The zero-order valence-corrected chi connectivity index (χ0v) is 9.42. The van der Waals surface area contributed by atoms with Crippen molar-refractivity contribution in [1.82, 2.24) is 15.0 Å². The molecule has 2 aromatic rings. The maximum Gasteiger partial charge on any atom is 0.304 e. The lowest BCUT2D eigenvalue weighted by Gasteiger charge is -2.12. The van der Waals surface area contributed by atoms with Gasteiger partial charge in [-0.1, -0.05) is 6.07 Å². The molecular formula is C12H13N3O2. The van der Waals surface area contributed by atoms with Crippen LogP contribution in [0.2, 0.25) is 0 Å². The number of hydrogen-bond donors (Lipinski definition) is 2. The molecule has 0 aliphatic rings. The first-order valence-electron chi connectivity index (χ1n) is 5.30. The summed E-state index contributed by atoms with van der Waals surface area (Å²) in [5, 5.41) is 8.96. The molecule has 0 fully saturated rings. The van der Waals surface area contributed by atoms with E-state index in [4.69, 9.17) is 5.11 Å². The fourth-order valence-corrected chi connectivity index (χ4v) is 1.78. The number of aromatic amines is 1. The van der Waals surface area contributed by atoms with Crippen LogP contribution in [0.4, 0.5) is 0 Å². The van der Waals surface area contributed by atoms with Crippen molar-refractivity contribution in [1.29, 1.82) is 0 Å². The summed E-state index contributed by atoms with van der Waals surface area (Å²) in [7, 11) is 0. The number of hydrogen-bond acceptors (Lipinski definition) is 3. The summed E-state index contributed by atoms with van der Waals surface area (Å²) in [6, 6.07) is 3.67. The highest BCUT2D eigenvalue weighted by Crippen LogP contribution is 2.25. The molecule has 0 saturated heterocycles. The quantitative estimate of drug-likeness (QED) is 0.839. The van der Waals surface area contributed by atoms with E-state index in [1.165, 1.54) is 0 Å². The molecule has 0 radical (unpaired) electrons. The van der Waals surface area contributed by atoms with Gasteiger partial charge in [-0.05, 0) is 18.6 Å². The van der Waals surface area contributed by atoms with Gasteiger partial charge in [0.1, 0.15) is 5.82 Å². The predicted molar refractivity (Wildman–Crippen MR) is 61.7 cm³/mol. The molecule has 1 unspecified atom stereocenters. The van der Waals surface area contributed by atoms with Crippen LogP contribution in [0.25, 0.3) is 0 Å². The number of carboxylic acids is 1. The lowest BCUT2D eigenvalue weighted by molar-refractivity contribution is -0.137. The minimum atomic E-state index is -0.842. The normalized spacial score (nSPS) is 12.3. The average molecular weight is 231 g/mol. The highest BCUT2D eigenvalue weighted by Gasteiger charge is 2.19. The first kappa shape index (κ1) is 11.3. The molecular weight excluding hydrogens is 218 g/mol. The van der Waals surface area contributed by atoms with Crippen LogP contribution >= 0.6 is 0 Å². The summed E-state index contributed by atoms with van der Waals surface area (Å²) in [5.74, 6) is -0.298. The van der Waals surface area contributed by atoms with Gasteiger partial charge in [0.05, 0.1) is 6.42 Å². The third-order valence-corrected chi connectivity index (χ3v) is 2.56. The van der Waals surface area contributed by atoms with E-state index in [2.05, 4.69) is 15.0 Å². The smallest absolute Gasteiger partial charge is 0.304 e. The molecule has 2 aromatic heterocycles. The topological polar surface area (TPSA) is 78.9 Å². The monoisotopic (exact) mass is 231 g/mol. The number of rotatable bonds is 4. The molecule has 0 aromatic carbocycles. The van der Waals surface area contributed by atoms with E-state index >= 15 is 0 Å². The van der Waals surface area contributed by atoms with Gasteiger partial charge in [0.2, 0.25) is 0 Å². The van der Waals surface area contributed by atoms with E-state index < -0.39 is 5.97 Å². The Hall–Kier alpha value is -2.17. The van der Waals surface area contributed by atoms with Crippen LogP contribution in [0, 0.1) is 6.92 Å². The number of carboxylic acid groups (broad SMARTS) is 1. The standard InChI is InChI=1S/C12H13N3O2/c1-8-14-7-11(15-8)10(5-12(16)17)9-3-2-4-13-6-9/h2-4,6-7,10H,5H2,1H3,(H,14,15)(H,16,17). The van der Waals surface area contributed by atoms with Gasteiger partial charge in [0, 0.05) is 30.2 Å². The van der Waals surface area contributed by atoms with E-state index in [0.29, 0.717) is 0 Å². The van der Waals surface area contributed by atoms with Gasteiger partial charge in [-0.3, -0.25) is 9.78 Å². The Balaban J connectivity index is 2.35. The SMILES string of the molecule is Cc1ncc(C(CC(=O)O)c2cccnc2)[nH]1. The summed E-state index contributed by atoms with van der Waals surface area (Å²) >= 11 is 0. The molecule has 0 aliphatic heterocycles. The van der Waals surface area contributed by atoms with Gasteiger partial charge in [0.25, 0.3) is 0 Å². The van der Waals surface area contributed by atoms with Gasteiger partial charge >= 0.3 is 5.97 Å². The molecule has 5 heteroatoms. The van der Waals surface area contributed by atoms with Crippen LogP contribution in [-0.2, 0) is 4.79 Å². The van der Waals surface area contributed by atoms with Gasteiger partial charge in [-0.25, -0.2) is 4.98 Å². The fraction of sp³-hybridized carbons (Fsp3) is 0.250. The minimum Gasteiger partial charge on any atom is -0.481 e. The number of nitrogens with zero attached hydrogens (tertiary/aromatic N) is 2. The summed E-state index contributed by atoms with van der Waals surface area (Å²) in [4.78, 5) is 22.1. The summed E-state index contributed by atoms with van der Waals surface area (Å²) in [5.41, 5.74) is 1.68. The maximum atomic E-state index is 10.9. The van der Waals surface area contributed by atoms with E-state index in [9.17, 15) is 4.79 Å². The van der Waals surface area contributed by atoms with Gasteiger partial charge in [-0.2, -0.15) is 0 Å². The van der Waals surface area contributed by atoms with Crippen molar-refractivity contribution in [3.05, 3.63) is 47.8 Å². The van der Waals surface area contributed by atoms with Crippen LogP contribution in [0.5, 0.6) is 0 Å². The lowest BCUT2D eigenvalue weighted by atomic mass is 9.94. The maximum absolute atomic E-state index is 10.9. The van der Waals surface area contributed by atoms with Crippen molar-refractivity contribution >= 4 is 5.97 Å². The second-order valence-electron chi connectivity index (χ2n) is 3.86. The van der Waals surface area contributed by atoms with Crippen molar-refractivity contribution in [3.8, 4) is 0 Å². The van der Waals surface area contributed by atoms with E-state index in [-0.39, 0.29) is 12.3 Å². The Morgan fingerprint density at radius 2 is 2.35 bits per heavy atom. The Labute approximate surface area is 98.6 Å². The number of aliphatic carboxylic acids is 1. The summed E-state index contributed by atoms with van der Waals surface area (Å²) in [6.07, 6.45) is 5.05. The summed E-state index contributed by atoms with van der Waals surface area (Å²) < 4.78 is 0. The van der Waals surface area contributed by atoms with E-state index in [1.54, 1.807) is 24.7 Å². The molecule has 2 N–H and O–H groups in total. The average Bonchev–Trinajstić information content (AvgIpc) is 2.73. The van der Waals surface area contributed by atoms with E-state index in [1.807, 2.05) is 13.0 Å². The second-order valence-corrected chi connectivity index (χ2v) is 3.86. The van der Waals surface area contributed by atoms with Crippen LogP contribution in [-0.4, -0.2) is 26.0 Å². The second kappa shape index (κ2) is 4.78. The van der Waals surface area contributed by atoms with Gasteiger partial charge < -0.3 is 10.1 Å². The third-order valence-electron chi connectivity index (χ3n) is 2.56. The highest BCUT2D eigenvalue weighted by atomic mass is 16.4. The molecule has 17 heavy (non-hydrogen) atoms. The largest absolute Gasteiger partial charge is 0.481 e.